The number of rotatable bonds is 7. The molecule has 0 saturated heterocycles. The summed E-state index contributed by atoms with van der Waals surface area (Å²) >= 11 is 0. The van der Waals surface area contributed by atoms with Gasteiger partial charge in [-0.05, 0) is 20.4 Å². The third kappa shape index (κ3) is 3.89. The van der Waals surface area contributed by atoms with Gasteiger partial charge < -0.3 is 14.6 Å². The monoisotopic (exact) mass is 197 g/mol. The lowest BCUT2D eigenvalue weighted by atomic mass is 10.4. The van der Waals surface area contributed by atoms with Gasteiger partial charge in [0.05, 0.1) is 12.0 Å². The van der Waals surface area contributed by atoms with Crippen LogP contribution in [0.1, 0.15) is 19.0 Å². The summed E-state index contributed by atoms with van der Waals surface area (Å²) in [6.07, 6.45) is 4.99. The Morgan fingerprint density at radius 3 is 3.14 bits per heavy atom. The van der Waals surface area contributed by atoms with Crippen molar-refractivity contribution in [1.29, 1.82) is 0 Å². The predicted octanol–water partition coefficient (Wildman–Crippen LogP) is 1.03. The maximum atomic E-state index is 5.26. The summed E-state index contributed by atoms with van der Waals surface area (Å²) in [5.74, 6) is 0. The molecule has 1 heterocycles. The molecule has 14 heavy (non-hydrogen) atoms. The Morgan fingerprint density at radius 1 is 1.57 bits per heavy atom. The van der Waals surface area contributed by atoms with Crippen molar-refractivity contribution < 1.29 is 4.74 Å². The van der Waals surface area contributed by atoms with Crippen molar-refractivity contribution in [3.8, 4) is 0 Å². The van der Waals surface area contributed by atoms with Crippen LogP contribution in [-0.2, 0) is 17.8 Å². The second kappa shape index (κ2) is 6.56. The van der Waals surface area contributed by atoms with Gasteiger partial charge in [-0.25, -0.2) is 4.98 Å². The lowest BCUT2D eigenvalue weighted by molar-refractivity contribution is 0.141. The number of aryl methyl sites for hydroxylation is 1. The molecule has 0 aromatic carbocycles. The number of hydrogen-bond donors (Lipinski definition) is 1. The molecule has 0 aliphatic carbocycles. The predicted molar refractivity (Wildman–Crippen MR) is 56.1 cm³/mol. The Bertz CT molecular complexity index is 247. The quantitative estimate of drug-likeness (QED) is 0.664. The molecule has 1 aromatic heterocycles. The maximum Gasteiger partial charge on any atom is 0.0949 e. The van der Waals surface area contributed by atoms with Crippen molar-refractivity contribution in [3.05, 3.63) is 18.2 Å². The topological polar surface area (TPSA) is 39.1 Å². The van der Waals surface area contributed by atoms with Gasteiger partial charge in [0.15, 0.2) is 0 Å². The summed E-state index contributed by atoms with van der Waals surface area (Å²) in [5.41, 5.74) is 1.09. The van der Waals surface area contributed by atoms with E-state index in [0.717, 1.165) is 38.4 Å². The maximum absolute atomic E-state index is 5.26. The van der Waals surface area contributed by atoms with Crippen LogP contribution < -0.4 is 5.32 Å². The lowest BCUT2D eigenvalue weighted by Crippen LogP contribution is -2.05. The summed E-state index contributed by atoms with van der Waals surface area (Å²) in [6.45, 7) is 5.46. The molecule has 0 aliphatic rings. The molecule has 0 atom stereocenters. The molecule has 0 unspecified atom stereocenters. The Kier molecular flexibility index (Phi) is 5.25. The number of hydrogen-bond acceptors (Lipinski definition) is 3. The minimum atomic E-state index is 0.801. The van der Waals surface area contributed by atoms with Crippen LogP contribution in [0.5, 0.6) is 0 Å². The van der Waals surface area contributed by atoms with Crippen molar-refractivity contribution in [2.75, 3.05) is 20.3 Å². The van der Waals surface area contributed by atoms with Crippen molar-refractivity contribution >= 4 is 0 Å². The zero-order valence-electron chi connectivity index (χ0n) is 8.99. The highest BCUT2D eigenvalue weighted by Crippen LogP contribution is 1.97. The van der Waals surface area contributed by atoms with Crippen LogP contribution in [0.15, 0.2) is 12.5 Å². The zero-order chi connectivity index (χ0) is 10.2. The number of nitrogens with one attached hydrogen (secondary N) is 1. The third-order valence-corrected chi connectivity index (χ3v) is 1.95. The Hall–Kier alpha value is -0.870. The molecule has 1 N–H and O–H groups in total. The Balaban J connectivity index is 2.22. The SMILES string of the molecule is CCOCCCn1cnc(CNC)c1. The van der Waals surface area contributed by atoms with Crippen molar-refractivity contribution in [3.63, 3.8) is 0 Å². The Morgan fingerprint density at radius 2 is 2.43 bits per heavy atom. The zero-order valence-corrected chi connectivity index (χ0v) is 8.99. The highest BCUT2D eigenvalue weighted by Gasteiger charge is 1.96. The molecule has 80 valence electrons. The standard InChI is InChI=1S/C10H19N3O/c1-3-14-6-4-5-13-8-10(7-11-2)12-9-13/h8-9,11H,3-7H2,1-2H3. The van der Waals surface area contributed by atoms with Gasteiger partial charge in [0, 0.05) is 32.5 Å². The normalized spacial score (nSPS) is 10.7. The van der Waals surface area contributed by atoms with E-state index >= 15 is 0 Å². The molecule has 1 rings (SSSR count). The molecule has 0 amide bonds. The molecule has 0 spiro atoms. The van der Waals surface area contributed by atoms with Gasteiger partial charge in [0.25, 0.3) is 0 Å². The first-order valence-electron chi connectivity index (χ1n) is 5.09. The van der Waals surface area contributed by atoms with Crippen LogP contribution in [0, 0.1) is 0 Å². The fourth-order valence-corrected chi connectivity index (χ4v) is 1.29. The van der Waals surface area contributed by atoms with Crippen molar-refractivity contribution in [2.24, 2.45) is 0 Å². The van der Waals surface area contributed by atoms with Crippen LogP contribution in [0.25, 0.3) is 0 Å². The second-order valence-corrected chi connectivity index (χ2v) is 3.18. The number of aromatic nitrogens is 2. The van der Waals surface area contributed by atoms with E-state index in [-0.39, 0.29) is 0 Å². The second-order valence-electron chi connectivity index (χ2n) is 3.18. The van der Waals surface area contributed by atoms with E-state index in [4.69, 9.17) is 4.74 Å². The van der Waals surface area contributed by atoms with Gasteiger partial charge in [-0.1, -0.05) is 0 Å². The third-order valence-electron chi connectivity index (χ3n) is 1.95. The Labute approximate surface area is 85.3 Å². The summed E-state index contributed by atoms with van der Waals surface area (Å²) in [7, 11) is 1.92. The smallest absolute Gasteiger partial charge is 0.0949 e. The van der Waals surface area contributed by atoms with Crippen LogP contribution in [0.3, 0.4) is 0 Å². The van der Waals surface area contributed by atoms with Crippen LogP contribution in [0.4, 0.5) is 0 Å². The molecular weight excluding hydrogens is 178 g/mol. The van der Waals surface area contributed by atoms with Crippen LogP contribution in [-0.4, -0.2) is 29.8 Å². The van der Waals surface area contributed by atoms with Crippen molar-refractivity contribution in [2.45, 2.75) is 26.4 Å². The molecule has 4 heteroatoms. The molecule has 0 fully saturated rings. The first-order valence-corrected chi connectivity index (χ1v) is 5.09. The summed E-state index contributed by atoms with van der Waals surface area (Å²) in [5, 5.41) is 3.07. The molecule has 0 bridgehead atoms. The van der Waals surface area contributed by atoms with Gasteiger partial charge in [-0.15, -0.1) is 0 Å². The van der Waals surface area contributed by atoms with Crippen LogP contribution >= 0.6 is 0 Å². The average molecular weight is 197 g/mol. The van der Waals surface area contributed by atoms with Gasteiger partial charge in [0.1, 0.15) is 0 Å². The van der Waals surface area contributed by atoms with Gasteiger partial charge in [0.2, 0.25) is 0 Å². The lowest BCUT2D eigenvalue weighted by Gasteiger charge is -2.01. The molecular formula is C10H19N3O. The number of nitrogens with zero attached hydrogens (tertiary/aromatic N) is 2. The fraction of sp³-hybridized carbons (Fsp3) is 0.700. The minimum absolute atomic E-state index is 0.801. The average Bonchev–Trinajstić information content (AvgIpc) is 2.61. The highest BCUT2D eigenvalue weighted by atomic mass is 16.5. The molecule has 0 radical (unpaired) electrons. The van der Waals surface area contributed by atoms with Gasteiger partial charge in [-0.3, -0.25) is 0 Å². The van der Waals surface area contributed by atoms with E-state index in [0.29, 0.717) is 0 Å². The number of ether oxygens (including phenoxy) is 1. The minimum Gasteiger partial charge on any atom is -0.382 e. The van der Waals surface area contributed by atoms with E-state index in [1.807, 2.05) is 20.3 Å². The van der Waals surface area contributed by atoms with Gasteiger partial charge in [-0.2, -0.15) is 0 Å². The first kappa shape index (κ1) is 11.2. The fourth-order valence-electron chi connectivity index (χ4n) is 1.29. The number of imidazole rings is 1. The van der Waals surface area contributed by atoms with Gasteiger partial charge >= 0.3 is 0 Å². The molecule has 0 aliphatic heterocycles. The molecule has 1 aromatic rings. The van der Waals surface area contributed by atoms with Crippen LogP contribution in [0.2, 0.25) is 0 Å². The van der Waals surface area contributed by atoms with E-state index in [2.05, 4.69) is 21.1 Å². The van der Waals surface area contributed by atoms with E-state index < -0.39 is 0 Å². The van der Waals surface area contributed by atoms with E-state index in [1.54, 1.807) is 0 Å². The van der Waals surface area contributed by atoms with E-state index in [1.165, 1.54) is 0 Å². The molecule has 4 nitrogen and oxygen atoms in total. The van der Waals surface area contributed by atoms with Crippen molar-refractivity contribution in [1.82, 2.24) is 14.9 Å². The molecule has 0 saturated carbocycles. The first-order chi connectivity index (χ1) is 6.86. The van der Waals surface area contributed by atoms with E-state index in [9.17, 15) is 0 Å². The summed E-state index contributed by atoms with van der Waals surface area (Å²) < 4.78 is 7.37. The largest absolute Gasteiger partial charge is 0.382 e. The summed E-state index contributed by atoms with van der Waals surface area (Å²) in [4.78, 5) is 4.26. The summed E-state index contributed by atoms with van der Waals surface area (Å²) in [6, 6.07) is 0. The highest BCUT2D eigenvalue weighted by molar-refractivity contribution is 4.95.